The summed E-state index contributed by atoms with van der Waals surface area (Å²) in [7, 11) is 2.04. The van der Waals surface area contributed by atoms with Gasteiger partial charge in [0, 0.05) is 25.4 Å². The van der Waals surface area contributed by atoms with Crippen LogP contribution in [0.4, 0.5) is 0 Å². The molecule has 1 N–H and O–H groups in total. The van der Waals surface area contributed by atoms with Gasteiger partial charge in [0.15, 0.2) is 6.20 Å². The smallest absolute Gasteiger partial charge is 0.228 e. The molecule has 2 aromatic heterocycles. The molecule has 0 spiro atoms. The summed E-state index contributed by atoms with van der Waals surface area (Å²) in [5.41, 5.74) is 2.42. The fourth-order valence-corrected chi connectivity index (χ4v) is 1.15. The average molecular weight is 133 g/mol. The number of nitrogens with one attached hydrogen (secondary N) is 1. The zero-order valence-electron chi connectivity index (χ0n) is 5.83. The molecule has 0 atom stereocenters. The lowest BCUT2D eigenvalue weighted by Gasteiger charge is -1.88. The van der Waals surface area contributed by atoms with E-state index >= 15 is 0 Å². The lowest BCUT2D eigenvalue weighted by molar-refractivity contribution is -0.344. The number of hydrogen-bond acceptors (Lipinski definition) is 0. The van der Waals surface area contributed by atoms with E-state index in [-0.39, 0.29) is 0 Å². The Morgan fingerprint density at radius 1 is 1.40 bits per heavy atom. The number of pyridine rings is 1. The number of H-pyrrole nitrogens is 1. The predicted molar refractivity (Wildman–Crippen MR) is 39.5 cm³/mol. The molecule has 2 nitrogen and oxygen atoms in total. The first-order chi connectivity index (χ1) is 4.88. The van der Waals surface area contributed by atoms with Crippen molar-refractivity contribution < 1.29 is 4.98 Å². The second kappa shape index (κ2) is 1.84. The molecule has 0 bridgehead atoms. The summed E-state index contributed by atoms with van der Waals surface area (Å²) >= 11 is 0. The van der Waals surface area contributed by atoms with Gasteiger partial charge in [0.2, 0.25) is 5.52 Å². The summed E-state index contributed by atoms with van der Waals surface area (Å²) in [4.78, 5) is 3.15. The highest BCUT2D eigenvalue weighted by Crippen LogP contribution is 2.06. The van der Waals surface area contributed by atoms with Gasteiger partial charge in [-0.2, -0.15) is 0 Å². The molecular weight excluding hydrogens is 124 g/mol. The molecule has 0 aliphatic carbocycles. The number of rotatable bonds is 0. The normalized spacial score (nSPS) is 10.5. The van der Waals surface area contributed by atoms with Crippen LogP contribution in [-0.4, -0.2) is 4.57 Å². The molecule has 0 amide bonds. The van der Waals surface area contributed by atoms with Crippen molar-refractivity contribution in [2.45, 2.75) is 0 Å². The van der Waals surface area contributed by atoms with Gasteiger partial charge in [0.05, 0.1) is 0 Å². The highest BCUT2D eigenvalue weighted by atomic mass is 14.9. The number of aromatic amines is 1. The minimum atomic E-state index is 1.19. The van der Waals surface area contributed by atoms with Crippen molar-refractivity contribution in [3.05, 3.63) is 30.6 Å². The third-order valence-corrected chi connectivity index (χ3v) is 1.71. The number of aryl methyl sites for hydroxylation is 1. The third kappa shape index (κ3) is 0.620. The summed E-state index contributed by atoms with van der Waals surface area (Å²) in [6.45, 7) is 0. The van der Waals surface area contributed by atoms with Crippen LogP contribution >= 0.6 is 0 Å². The van der Waals surface area contributed by atoms with Gasteiger partial charge in [-0.15, -0.1) is 0 Å². The van der Waals surface area contributed by atoms with Gasteiger partial charge < -0.3 is 4.57 Å². The van der Waals surface area contributed by atoms with E-state index in [9.17, 15) is 0 Å². The van der Waals surface area contributed by atoms with Crippen molar-refractivity contribution in [2.24, 2.45) is 7.05 Å². The molecule has 0 aliphatic heterocycles. The van der Waals surface area contributed by atoms with Crippen LogP contribution in [0.3, 0.4) is 0 Å². The molecule has 0 unspecified atom stereocenters. The van der Waals surface area contributed by atoms with Crippen LogP contribution in [0.1, 0.15) is 0 Å². The number of nitrogens with zero attached hydrogens (tertiary/aromatic N) is 1. The predicted octanol–water partition coefficient (Wildman–Crippen LogP) is 0.992. The second-order valence-corrected chi connectivity index (χ2v) is 2.40. The SMILES string of the molecule is Cn1ccc2[nH+]cccc21. The number of fused-ring (bicyclic) bond motifs is 1. The van der Waals surface area contributed by atoms with E-state index in [4.69, 9.17) is 0 Å². The van der Waals surface area contributed by atoms with Crippen LogP contribution in [-0.2, 0) is 7.05 Å². The van der Waals surface area contributed by atoms with Crippen LogP contribution in [0.15, 0.2) is 30.6 Å². The first-order valence-electron chi connectivity index (χ1n) is 3.30. The highest BCUT2D eigenvalue weighted by molar-refractivity contribution is 5.71. The Labute approximate surface area is 59.1 Å². The molecule has 2 heterocycles. The van der Waals surface area contributed by atoms with Crippen molar-refractivity contribution in [1.29, 1.82) is 0 Å². The summed E-state index contributed by atoms with van der Waals surface area (Å²) in [6, 6.07) is 6.16. The van der Waals surface area contributed by atoms with Crippen LogP contribution in [0.2, 0.25) is 0 Å². The van der Waals surface area contributed by atoms with E-state index in [0.29, 0.717) is 0 Å². The summed E-state index contributed by atoms with van der Waals surface area (Å²) < 4.78 is 2.09. The van der Waals surface area contributed by atoms with E-state index < -0.39 is 0 Å². The van der Waals surface area contributed by atoms with Crippen LogP contribution in [0, 0.1) is 0 Å². The first kappa shape index (κ1) is 5.47. The van der Waals surface area contributed by atoms with Crippen LogP contribution < -0.4 is 4.98 Å². The lowest BCUT2D eigenvalue weighted by Crippen LogP contribution is -1.99. The zero-order chi connectivity index (χ0) is 6.97. The molecule has 2 aromatic rings. The molecule has 0 radical (unpaired) electrons. The minimum Gasteiger partial charge on any atom is -0.345 e. The molecule has 10 heavy (non-hydrogen) atoms. The fourth-order valence-electron chi connectivity index (χ4n) is 1.15. The van der Waals surface area contributed by atoms with Crippen molar-refractivity contribution in [3.63, 3.8) is 0 Å². The van der Waals surface area contributed by atoms with Gasteiger partial charge >= 0.3 is 0 Å². The molecule has 0 saturated heterocycles. The highest BCUT2D eigenvalue weighted by Gasteiger charge is 1.99. The van der Waals surface area contributed by atoms with Crippen LogP contribution in [0.25, 0.3) is 11.0 Å². The molecule has 50 valence electrons. The van der Waals surface area contributed by atoms with E-state index in [0.717, 1.165) is 0 Å². The number of aromatic nitrogens is 2. The molecule has 2 heteroatoms. The Kier molecular flexibility index (Phi) is 1.01. The van der Waals surface area contributed by atoms with Crippen molar-refractivity contribution in [2.75, 3.05) is 0 Å². The van der Waals surface area contributed by atoms with Gasteiger partial charge in [-0.1, -0.05) is 0 Å². The molecular formula is C8H9N2+. The van der Waals surface area contributed by atoms with Gasteiger partial charge in [0.25, 0.3) is 0 Å². The lowest BCUT2D eigenvalue weighted by atomic mass is 10.4. The minimum absolute atomic E-state index is 1.19. The summed E-state index contributed by atoms with van der Waals surface area (Å²) in [6.07, 6.45) is 3.98. The maximum atomic E-state index is 3.15. The van der Waals surface area contributed by atoms with Crippen LogP contribution in [0.5, 0.6) is 0 Å². The van der Waals surface area contributed by atoms with Crippen molar-refractivity contribution in [1.82, 2.24) is 4.57 Å². The third-order valence-electron chi connectivity index (χ3n) is 1.71. The van der Waals surface area contributed by atoms with Gasteiger partial charge in [-0.3, -0.25) is 0 Å². The Morgan fingerprint density at radius 2 is 2.30 bits per heavy atom. The topological polar surface area (TPSA) is 19.1 Å². The van der Waals surface area contributed by atoms with E-state index in [1.54, 1.807) is 0 Å². The van der Waals surface area contributed by atoms with E-state index in [2.05, 4.69) is 21.7 Å². The van der Waals surface area contributed by atoms with E-state index in [1.807, 2.05) is 25.5 Å². The van der Waals surface area contributed by atoms with Gasteiger partial charge in [-0.25, -0.2) is 4.98 Å². The Hall–Kier alpha value is -1.31. The standard InChI is InChI=1S/C8H8N2/c1-10-6-4-7-8(10)3-2-5-9-7/h2-6H,1H3/p+1. The van der Waals surface area contributed by atoms with Crippen molar-refractivity contribution in [3.8, 4) is 0 Å². The Morgan fingerprint density at radius 3 is 3.10 bits per heavy atom. The Balaban J connectivity index is 2.93. The Bertz CT molecular complexity index is 349. The van der Waals surface area contributed by atoms with Gasteiger partial charge in [-0.05, 0) is 6.07 Å². The zero-order valence-corrected chi connectivity index (χ0v) is 5.83. The fraction of sp³-hybridized carbons (Fsp3) is 0.125. The summed E-state index contributed by atoms with van der Waals surface area (Å²) in [5.74, 6) is 0. The van der Waals surface area contributed by atoms with Gasteiger partial charge in [0.1, 0.15) is 5.52 Å². The second-order valence-electron chi connectivity index (χ2n) is 2.40. The maximum Gasteiger partial charge on any atom is 0.228 e. The maximum absolute atomic E-state index is 3.15. The quantitative estimate of drug-likeness (QED) is 0.510. The molecule has 2 rings (SSSR count). The largest absolute Gasteiger partial charge is 0.345 e. The molecule has 0 saturated carbocycles. The molecule has 0 aromatic carbocycles. The average Bonchev–Trinajstić information content (AvgIpc) is 2.34. The van der Waals surface area contributed by atoms with Crippen molar-refractivity contribution >= 4 is 11.0 Å². The molecule has 0 aliphatic rings. The summed E-state index contributed by atoms with van der Waals surface area (Å²) in [5, 5.41) is 0. The molecule has 0 fully saturated rings. The monoisotopic (exact) mass is 133 g/mol. The van der Waals surface area contributed by atoms with E-state index in [1.165, 1.54) is 11.0 Å². The first-order valence-corrected chi connectivity index (χ1v) is 3.30. The number of hydrogen-bond donors (Lipinski definition) is 0.